The van der Waals surface area contributed by atoms with Crippen molar-refractivity contribution in [2.24, 2.45) is 0 Å². The van der Waals surface area contributed by atoms with Crippen molar-refractivity contribution < 1.29 is 17.9 Å². The number of hydrogen-bond donors (Lipinski definition) is 1. The van der Waals surface area contributed by atoms with Crippen molar-refractivity contribution >= 4 is 21.8 Å². The first kappa shape index (κ1) is 22.9. The van der Waals surface area contributed by atoms with Gasteiger partial charge in [-0.05, 0) is 37.5 Å². The second kappa shape index (κ2) is 10.1. The van der Waals surface area contributed by atoms with Gasteiger partial charge in [0.05, 0.1) is 11.5 Å². The molecule has 33 heavy (non-hydrogen) atoms. The normalized spacial score (nSPS) is 14.2. The maximum atomic E-state index is 12.7. The predicted octanol–water partition coefficient (Wildman–Crippen LogP) is 3.72. The van der Waals surface area contributed by atoms with E-state index in [-0.39, 0.29) is 17.1 Å². The number of nitrogens with zero attached hydrogens (tertiary/aromatic N) is 3. The monoisotopic (exact) mass is 466 g/mol. The van der Waals surface area contributed by atoms with Gasteiger partial charge in [0.25, 0.3) is 0 Å². The molecule has 0 spiro atoms. The molecule has 0 bridgehead atoms. The van der Waals surface area contributed by atoms with Crippen molar-refractivity contribution in [1.29, 1.82) is 0 Å². The molecule has 0 amide bonds. The predicted molar refractivity (Wildman–Crippen MR) is 125 cm³/mol. The molecular formula is C24H26N4O4S. The van der Waals surface area contributed by atoms with E-state index in [4.69, 9.17) is 4.74 Å². The second-order valence-electron chi connectivity index (χ2n) is 7.65. The lowest BCUT2D eigenvalue weighted by atomic mass is 10.2. The molecule has 0 radical (unpaired) electrons. The number of ether oxygens (including phenoxy) is 1. The fourth-order valence-electron chi connectivity index (χ4n) is 3.64. The maximum absolute atomic E-state index is 12.7. The van der Waals surface area contributed by atoms with E-state index in [1.54, 1.807) is 31.2 Å². The van der Waals surface area contributed by atoms with E-state index in [0.717, 1.165) is 24.0 Å². The van der Waals surface area contributed by atoms with Gasteiger partial charge in [-0.25, -0.2) is 23.2 Å². The zero-order valence-corrected chi connectivity index (χ0v) is 19.2. The van der Waals surface area contributed by atoms with Gasteiger partial charge in [0.2, 0.25) is 10.0 Å². The number of rotatable bonds is 8. The molecule has 1 aromatic heterocycles. The minimum absolute atomic E-state index is 0.241. The summed E-state index contributed by atoms with van der Waals surface area (Å²) >= 11 is 0. The number of benzene rings is 2. The van der Waals surface area contributed by atoms with Crippen LogP contribution in [0.25, 0.3) is 11.4 Å². The first-order chi connectivity index (χ1) is 16.0. The van der Waals surface area contributed by atoms with Crippen LogP contribution >= 0.6 is 0 Å². The summed E-state index contributed by atoms with van der Waals surface area (Å²) in [5.41, 5.74) is 1.92. The van der Waals surface area contributed by atoms with Gasteiger partial charge < -0.3 is 10.1 Å². The molecule has 0 atom stereocenters. The number of carbonyl (C=O) groups excluding carboxylic acids is 1. The summed E-state index contributed by atoms with van der Waals surface area (Å²) in [6.45, 7) is 3.47. The molecule has 0 aliphatic carbocycles. The van der Waals surface area contributed by atoms with Crippen LogP contribution in [0.4, 0.5) is 5.82 Å². The molecule has 1 fully saturated rings. The smallest absolute Gasteiger partial charge is 0.343 e. The van der Waals surface area contributed by atoms with Gasteiger partial charge in [-0.15, -0.1) is 0 Å². The number of hydrogen-bond acceptors (Lipinski definition) is 7. The van der Waals surface area contributed by atoms with Gasteiger partial charge in [-0.1, -0.05) is 42.5 Å². The van der Waals surface area contributed by atoms with E-state index in [1.165, 1.54) is 10.5 Å². The van der Waals surface area contributed by atoms with Gasteiger partial charge in [0.1, 0.15) is 11.4 Å². The standard InChI is InChI=1S/C24H26N4O4S/c1-2-32-24(29)21-17-26-22(19-8-4-3-5-9-19)27-23(21)25-16-18-10-12-20(13-11-18)33(30,31)28-14-6-7-15-28/h3-5,8-13,17H,2,6-7,14-16H2,1H3,(H,25,26,27). The zero-order valence-electron chi connectivity index (χ0n) is 18.4. The lowest BCUT2D eigenvalue weighted by Gasteiger charge is -2.16. The molecule has 1 saturated heterocycles. The first-order valence-corrected chi connectivity index (χ1v) is 12.4. The van der Waals surface area contributed by atoms with E-state index in [0.29, 0.717) is 31.3 Å². The number of nitrogens with one attached hydrogen (secondary N) is 1. The molecule has 2 heterocycles. The van der Waals surface area contributed by atoms with Crippen molar-refractivity contribution in [2.45, 2.75) is 31.2 Å². The number of aromatic nitrogens is 2. The molecule has 172 valence electrons. The van der Waals surface area contributed by atoms with Crippen molar-refractivity contribution in [3.63, 3.8) is 0 Å². The lowest BCUT2D eigenvalue weighted by Crippen LogP contribution is -2.27. The Morgan fingerprint density at radius 3 is 2.42 bits per heavy atom. The van der Waals surface area contributed by atoms with Crippen molar-refractivity contribution in [2.75, 3.05) is 25.0 Å². The topological polar surface area (TPSA) is 101 Å². The number of carbonyl (C=O) groups is 1. The van der Waals surface area contributed by atoms with Crippen LogP contribution in [0, 0.1) is 0 Å². The molecule has 1 aliphatic heterocycles. The van der Waals surface area contributed by atoms with Crippen molar-refractivity contribution in [1.82, 2.24) is 14.3 Å². The Labute approximate surface area is 193 Å². The summed E-state index contributed by atoms with van der Waals surface area (Å²) in [5, 5.41) is 3.18. The van der Waals surface area contributed by atoms with Crippen LogP contribution in [-0.2, 0) is 21.3 Å². The number of esters is 1. The van der Waals surface area contributed by atoms with E-state index < -0.39 is 16.0 Å². The quantitative estimate of drug-likeness (QED) is 0.505. The summed E-state index contributed by atoms with van der Waals surface area (Å²) in [4.78, 5) is 21.5. The lowest BCUT2D eigenvalue weighted by molar-refractivity contribution is 0.0526. The Bertz CT molecular complexity index is 1210. The Kier molecular flexibility index (Phi) is 7.00. The maximum Gasteiger partial charge on any atom is 0.343 e. The van der Waals surface area contributed by atoms with E-state index in [9.17, 15) is 13.2 Å². The minimum atomic E-state index is -3.45. The second-order valence-corrected chi connectivity index (χ2v) is 9.59. The van der Waals surface area contributed by atoms with Crippen molar-refractivity contribution in [3.05, 3.63) is 71.9 Å². The van der Waals surface area contributed by atoms with E-state index >= 15 is 0 Å². The largest absolute Gasteiger partial charge is 0.462 e. The Hall–Kier alpha value is -3.30. The Morgan fingerprint density at radius 2 is 1.76 bits per heavy atom. The van der Waals surface area contributed by atoms with Gasteiger partial charge in [-0.3, -0.25) is 0 Å². The molecular weight excluding hydrogens is 440 g/mol. The highest BCUT2D eigenvalue weighted by Gasteiger charge is 2.27. The third-order valence-electron chi connectivity index (χ3n) is 5.40. The van der Waals surface area contributed by atoms with Crippen LogP contribution in [0.2, 0.25) is 0 Å². The minimum Gasteiger partial charge on any atom is -0.462 e. The zero-order chi connectivity index (χ0) is 23.3. The van der Waals surface area contributed by atoms with Crippen molar-refractivity contribution in [3.8, 4) is 11.4 Å². The average molecular weight is 467 g/mol. The van der Waals surface area contributed by atoms with Crippen LogP contribution in [0.3, 0.4) is 0 Å². The number of anilines is 1. The Morgan fingerprint density at radius 1 is 1.06 bits per heavy atom. The van der Waals surface area contributed by atoms with Gasteiger partial charge in [0.15, 0.2) is 5.82 Å². The third-order valence-corrected chi connectivity index (χ3v) is 7.32. The Balaban J connectivity index is 1.54. The van der Waals surface area contributed by atoms with Crippen LogP contribution in [0.5, 0.6) is 0 Å². The summed E-state index contributed by atoms with van der Waals surface area (Å²) in [6, 6.07) is 16.2. The SMILES string of the molecule is CCOC(=O)c1cnc(-c2ccccc2)nc1NCc1ccc(S(=O)(=O)N2CCCC2)cc1. The molecule has 2 aromatic carbocycles. The molecule has 4 rings (SSSR count). The molecule has 0 saturated carbocycles. The summed E-state index contributed by atoms with van der Waals surface area (Å²) in [5.74, 6) is 0.334. The van der Waals surface area contributed by atoms with E-state index in [2.05, 4.69) is 15.3 Å². The van der Waals surface area contributed by atoms with Gasteiger partial charge in [-0.2, -0.15) is 4.31 Å². The molecule has 1 N–H and O–H groups in total. The first-order valence-electron chi connectivity index (χ1n) is 10.9. The highest BCUT2D eigenvalue weighted by Crippen LogP contribution is 2.23. The highest BCUT2D eigenvalue weighted by molar-refractivity contribution is 7.89. The molecule has 8 nitrogen and oxygen atoms in total. The average Bonchev–Trinajstić information content (AvgIpc) is 3.40. The third kappa shape index (κ3) is 5.20. The molecule has 9 heteroatoms. The van der Waals surface area contributed by atoms with Crippen LogP contribution in [-0.4, -0.2) is 48.4 Å². The molecule has 0 unspecified atom stereocenters. The van der Waals surface area contributed by atoms with Gasteiger partial charge in [0, 0.05) is 31.4 Å². The van der Waals surface area contributed by atoms with Crippen LogP contribution in [0.15, 0.2) is 65.7 Å². The summed E-state index contributed by atoms with van der Waals surface area (Å²) in [6.07, 6.45) is 3.25. The highest BCUT2D eigenvalue weighted by atomic mass is 32.2. The molecule has 1 aliphatic rings. The van der Waals surface area contributed by atoms with E-state index in [1.807, 2.05) is 30.3 Å². The van der Waals surface area contributed by atoms with Crippen LogP contribution in [0.1, 0.15) is 35.7 Å². The van der Waals surface area contributed by atoms with Crippen LogP contribution < -0.4 is 5.32 Å². The molecule has 3 aromatic rings. The summed E-state index contributed by atoms with van der Waals surface area (Å²) in [7, 11) is -3.45. The fraction of sp³-hybridized carbons (Fsp3) is 0.292. The number of sulfonamides is 1. The van der Waals surface area contributed by atoms with Gasteiger partial charge >= 0.3 is 5.97 Å². The summed E-state index contributed by atoms with van der Waals surface area (Å²) < 4.78 is 32.1. The fourth-order valence-corrected chi connectivity index (χ4v) is 5.16.